The first-order chi connectivity index (χ1) is 10.1. The Bertz CT molecular complexity index is 564. The number of nitro groups is 1. The Balaban J connectivity index is 1.90. The molecule has 1 saturated carbocycles. The SMILES string of the molecule is CCN1C(=O)C2(CCCC2)NC1c1ccc([N+](=O)[O-])cc1. The number of non-ortho nitro benzene ring substituents is 1. The van der Waals surface area contributed by atoms with E-state index in [1.165, 1.54) is 12.1 Å². The molecule has 1 aromatic rings. The van der Waals surface area contributed by atoms with Gasteiger partial charge in [-0.05, 0) is 37.5 Å². The van der Waals surface area contributed by atoms with Crippen molar-refractivity contribution in [2.24, 2.45) is 0 Å². The fraction of sp³-hybridized carbons (Fsp3) is 0.533. The molecule has 112 valence electrons. The minimum Gasteiger partial charge on any atom is -0.322 e. The van der Waals surface area contributed by atoms with Crippen LogP contribution in [0.15, 0.2) is 24.3 Å². The van der Waals surface area contributed by atoms with Crippen LogP contribution < -0.4 is 5.32 Å². The zero-order valence-corrected chi connectivity index (χ0v) is 12.0. The number of hydrogen-bond acceptors (Lipinski definition) is 4. The van der Waals surface area contributed by atoms with Gasteiger partial charge in [0.1, 0.15) is 6.17 Å². The van der Waals surface area contributed by atoms with Crippen LogP contribution in [0.4, 0.5) is 5.69 Å². The lowest BCUT2D eigenvalue weighted by Crippen LogP contribution is -2.43. The molecular weight excluding hydrogens is 270 g/mol. The van der Waals surface area contributed by atoms with Gasteiger partial charge in [-0.1, -0.05) is 12.8 Å². The summed E-state index contributed by atoms with van der Waals surface area (Å²) in [5, 5.41) is 14.2. The molecule has 1 saturated heterocycles. The Morgan fingerprint density at radius 2 is 1.95 bits per heavy atom. The molecule has 1 atom stereocenters. The second-order valence-corrected chi connectivity index (χ2v) is 5.78. The molecule has 1 aliphatic heterocycles. The van der Waals surface area contributed by atoms with Gasteiger partial charge in [0.15, 0.2) is 0 Å². The van der Waals surface area contributed by atoms with Gasteiger partial charge in [-0.3, -0.25) is 20.2 Å². The number of rotatable bonds is 3. The van der Waals surface area contributed by atoms with Gasteiger partial charge in [-0.25, -0.2) is 0 Å². The predicted molar refractivity (Wildman–Crippen MR) is 77.6 cm³/mol. The van der Waals surface area contributed by atoms with Crippen molar-refractivity contribution >= 4 is 11.6 Å². The molecule has 6 heteroatoms. The van der Waals surface area contributed by atoms with Crippen molar-refractivity contribution < 1.29 is 9.72 Å². The number of carbonyl (C=O) groups is 1. The first-order valence-electron chi connectivity index (χ1n) is 7.40. The zero-order valence-electron chi connectivity index (χ0n) is 12.0. The topological polar surface area (TPSA) is 75.5 Å². The highest BCUT2D eigenvalue weighted by atomic mass is 16.6. The Labute approximate surface area is 123 Å². The van der Waals surface area contributed by atoms with E-state index in [0.29, 0.717) is 6.54 Å². The van der Waals surface area contributed by atoms with Crippen LogP contribution in [0.1, 0.15) is 44.3 Å². The fourth-order valence-electron chi connectivity index (χ4n) is 3.50. The molecule has 1 amide bonds. The van der Waals surface area contributed by atoms with Crippen LogP contribution >= 0.6 is 0 Å². The maximum Gasteiger partial charge on any atom is 0.269 e. The van der Waals surface area contributed by atoms with Gasteiger partial charge >= 0.3 is 0 Å². The van der Waals surface area contributed by atoms with E-state index in [1.54, 1.807) is 12.1 Å². The number of amides is 1. The summed E-state index contributed by atoms with van der Waals surface area (Å²) in [7, 11) is 0. The van der Waals surface area contributed by atoms with Gasteiger partial charge < -0.3 is 4.90 Å². The Hall–Kier alpha value is -1.95. The molecule has 0 aromatic heterocycles. The highest BCUT2D eigenvalue weighted by molar-refractivity contribution is 5.89. The minimum absolute atomic E-state index is 0.0710. The van der Waals surface area contributed by atoms with Crippen molar-refractivity contribution in [3.63, 3.8) is 0 Å². The van der Waals surface area contributed by atoms with E-state index in [4.69, 9.17) is 0 Å². The number of nitro benzene ring substituents is 1. The van der Waals surface area contributed by atoms with Crippen LogP contribution in [0.3, 0.4) is 0 Å². The number of benzene rings is 1. The molecule has 0 bridgehead atoms. The molecule has 2 aliphatic rings. The maximum absolute atomic E-state index is 12.7. The smallest absolute Gasteiger partial charge is 0.269 e. The van der Waals surface area contributed by atoms with E-state index < -0.39 is 10.5 Å². The van der Waals surface area contributed by atoms with Crippen molar-refractivity contribution in [3.8, 4) is 0 Å². The van der Waals surface area contributed by atoms with Crippen molar-refractivity contribution in [2.75, 3.05) is 6.54 Å². The highest BCUT2D eigenvalue weighted by Crippen LogP contribution is 2.40. The van der Waals surface area contributed by atoms with E-state index >= 15 is 0 Å². The lowest BCUT2D eigenvalue weighted by atomic mass is 9.98. The van der Waals surface area contributed by atoms with E-state index in [0.717, 1.165) is 31.2 Å². The number of hydrogen-bond donors (Lipinski definition) is 1. The highest BCUT2D eigenvalue weighted by Gasteiger charge is 2.52. The predicted octanol–water partition coefficient (Wildman–Crippen LogP) is 2.36. The molecule has 6 nitrogen and oxygen atoms in total. The average molecular weight is 289 g/mol. The number of likely N-dealkylation sites (N-methyl/N-ethyl adjacent to an activating group) is 1. The summed E-state index contributed by atoms with van der Waals surface area (Å²) in [6.45, 7) is 2.60. The molecule has 1 spiro atoms. The Morgan fingerprint density at radius 1 is 1.33 bits per heavy atom. The molecular formula is C15H19N3O3. The maximum atomic E-state index is 12.7. The quantitative estimate of drug-likeness (QED) is 0.684. The van der Waals surface area contributed by atoms with Crippen LogP contribution in [-0.4, -0.2) is 27.8 Å². The van der Waals surface area contributed by atoms with Crippen LogP contribution in [-0.2, 0) is 4.79 Å². The standard InChI is InChI=1S/C15H19N3O3/c1-2-17-13(11-5-7-12(8-6-11)18(20)21)16-15(14(17)19)9-3-4-10-15/h5-8,13,16H,2-4,9-10H2,1H3. The third kappa shape index (κ3) is 2.19. The molecule has 1 heterocycles. The average Bonchev–Trinajstić information content (AvgIpc) is 3.06. The molecule has 3 rings (SSSR count). The minimum atomic E-state index is -0.414. The summed E-state index contributed by atoms with van der Waals surface area (Å²) in [6, 6.07) is 6.46. The van der Waals surface area contributed by atoms with Crippen LogP contribution in [0.25, 0.3) is 0 Å². The van der Waals surface area contributed by atoms with Crippen molar-refractivity contribution in [3.05, 3.63) is 39.9 Å². The third-order valence-electron chi connectivity index (χ3n) is 4.61. The Kier molecular flexibility index (Phi) is 3.41. The fourth-order valence-corrected chi connectivity index (χ4v) is 3.50. The first kappa shape index (κ1) is 14.0. The second-order valence-electron chi connectivity index (χ2n) is 5.78. The molecule has 1 N–H and O–H groups in total. The monoisotopic (exact) mass is 289 g/mol. The molecule has 0 radical (unpaired) electrons. The number of carbonyl (C=O) groups excluding carboxylic acids is 1. The second kappa shape index (κ2) is 5.11. The van der Waals surface area contributed by atoms with E-state index in [9.17, 15) is 14.9 Å². The van der Waals surface area contributed by atoms with Gasteiger partial charge in [-0.15, -0.1) is 0 Å². The van der Waals surface area contributed by atoms with E-state index in [2.05, 4.69) is 5.32 Å². The molecule has 21 heavy (non-hydrogen) atoms. The van der Waals surface area contributed by atoms with Crippen molar-refractivity contribution in [1.29, 1.82) is 0 Å². The summed E-state index contributed by atoms with van der Waals surface area (Å²) >= 11 is 0. The molecule has 1 aliphatic carbocycles. The third-order valence-corrected chi connectivity index (χ3v) is 4.61. The lowest BCUT2D eigenvalue weighted by Gasteiger charge is -2.22. The number of nitrogens with zero attached hydrogens (tertiary/aromatic N) is 2. The van der Waals surface area contributed by atoms with Crippen LogP contribution in [0.5, 0.6) is 0 Å². The van der Waals surface area contributed by atoms with Gasteiger partial charge in [-0.2, -0.15) is 0 Å². The summed E-state index contributed by atoms with van der Waals surface area (Å²) in [4.78, 5) is 24.8. The number of nitrogens with one attached hydrogen (secondary N) is 1. The largest absolute Gasteiger partial charge is 0.322 e. The zero-order chi connectivity index (χ0) is 15.0. The summed E-state index contributed by atoms with van der Waals surface area (Å²) in [5.41, 5.74) is 0.559. The van der Waals surface area contributed by atoms with Gasteiger partial charge in [0.25, 0.3) is 5.69 Å². The van der Waals surface area contributed by atoms with Gasteiger partial charge in [0, 0.05) is 18.7 Å². The van der Waals surface area contributed by atoms with Crippen LogP contribution in [0.2, 0.25) is 0 Å². The van der Waals surface area contributed by atoms with Crippen molar-refractivity contribution in [2.45, 2.75) is 44.3 Å². The lowest BCUT2D eigenvalue weighted by molar-refractivity contribution is -0.384. The Morgan fingerprint density at radius 3 is 2.48 bits per heavy atom. The van der Waals surface area contributed by atoms with E-state index in [1.807, 2.05) is 11.8 Å². The molecule has 2 fully saturated rings. The van der Waals surface area contributed by atoms with E-state index in [-0.39, 0.29) is 17.8 Å². The van der Waals surface area contributed by atoms with Crippen molar-refractivity contribution in [1.82, 2.24) is 10.2 Å². The van der Waals surface area contributed by atoms with Crippen LogP contribution in [0, 0.1) is 10.1 Å². The summed E-state index contributed by atoms with van der Waals surface area (Å²) < 4.78 is 0. The normalized spacial score (nSPS) is 24.0. The van der Waals surface area contributed by atoms with Gasteiger partial charge in [0.05, 0.1) is 10.5 Å². The summed E-state index contributed by atoms with van der Waals surface area (Å²) in [5.74, 6) is 0.172. The van der Waals surface area contributed by atoms with Gasteiger partial charge in [0.2, 0.25) is 5.91 Å². The molecule has 1 unspecified atom stereocenters. The first-order valence-corrected chi connectivity index (χ1v) is 7.40. The summed E-state index contributed by atoms with van der Waals surface area (Å²) in [6.07, 6.45) is 3.73. The molecule has 1 aromatic carbocycles.